The van der Waals surface area contributed by atoms with Gasteiger partial charge in [-0.25, -0.2) is 0 Å². The number of nitrogens with one attached hydrogen (secondary N) is 1. The Hall–Kier alpha value is -1.36. The Morgan fingerprint density at radius 1 is 1.65 bits per heavy atom. The van der Waals surface area contributed by atoms with Crippen molar-refractivity contribution in [2.45, 2.75) is 38.6 Å². The van der Waals surface area contributed by atoms with Crippen LogP contribution in [0, 0.1) is 5.92 Å². The molecule has 0 saturated heterocycles. The van der Waals surface area contributed by atoms with Gasteiger partial charge in [-0.15, -0.1) is 0 Å². The van der Waals surface area contributed by atoms with Crippen molar-refractivity contribution in [1.82, 2.24) is 9.78 Å². The molecule has 1 heterocycles. The number of carbonyl (C=O) groups excluding carboxylic acids is 1. The molecule has 2 rings (SSSR count). The molecule has 0 spiro atoms. The maximum Gasteiger partial charge on any atom is 0.227 e. The van der Waals surface area contributed by atoms with Crippen molar-refractivity contribution in [3.63, 3.8) is 0 Å². The molecule has 0 radical (unpaired) electrons. The molecule has 0 aliphatic heterocycles. The second kappa shape index (κ2) is 4.87. The van der Waals surface area contributed by atoms with E-state index in [4.69, 9.17) is 5.73 Å². The fraction of sp³-hybridized carbons (Fsp3) is 0.667. The van der Waals surface area contributed by atoms with Gasteiger partial charge in [-0.3, -0.25) is 9.48 Å². The number of aromatic nitrogens is 2. The van der Waals surface area contributed by atoms with Crippen LogP contribution in [0.25, 0.3) is 0 Å². The Kier molecular flexibility index (Phi) is 3.47. The fourth-order valence-corrected chi connectivity index (χ4v) is 2.39. The minimum atomic E-state index is 0.0647. The van der Waals surface area contributed by atoms with E-state index in [0.717, 1.165) is 37.1 Å². The highest BCUT2D eigenvalue weighted by Crippen LogP contribution is 2.26. The van der Waals surface area contributed by atoms with Crippen LogP contribution in [0.2, 0.25) is 0 Å². The predicted octanol–water partition coefficient (Wildman–Crippen LogP) is 1.05. The Bertz CT molecular complexity index is 413. The van der Waals surface area contributed by atoms with Gasteiger partial charge in [0.05, 0.1) is 11.4 Å². The molecular formula is C12H20N4O. The molecule has 17 heavy (non-hydrogen) atoms. The van der Waals surface area contributed by atoms with E-state index in [2.05, 4.69) is 10.4 Å². The molecule has 1 aliphatic carbocycles. The van der Waals surface area contributed by atoms with Crippen LogP contribution in [0.5, 0.6) is 0 Å². The minimum Gasteiger partial charge on any atom is -0.328 e. The van der Waals surface area contributed by atoms with Crippen molar-refractivity contribution in [3.8, 4) is 0 Å². The normalized spacial score (nSPS) is 23.9. The first-order valence-electron chi connectivity index (χ1n) is 6.19. The van der Waals surface area contributed by atoms with Crippen molar-refractivity contribution < 1.29 is 4.79 Å². The number of amides is 1. The van der Waals surface area contributed by atoms with Crippen LogP contribution in [0.15, 0.2) is 6.20 Å². The van der Waals surface area contributed by atoms with Crippen LogP contribution in [0.3, 0.4) is 0 Å². The van der Waals surface area contributed by atoms with Gasteiger partial charge in [0.15, 0.2) is 0 Å². The molecule has 3 N–H and O–H groups in total. The summed E-state index contributed by atoms with van der Waals surface area (Å²) in [7, 11) is 1.86. The van der Waals surface area contributed by atoms with Crippen molar-refractivity contribution in [2.75, 3.05) is 5.32 Å². The van der Waals surface area contributed by atoms with Crippen molar-refractivity contribution in [1.29, 1.82) is 0 Å². The van der Waals surface area contributed by atoms with E-state index in [1.54, 1.807) is 4.68 Å². The average molecular weight is 236 g/mol. The Morgan fingerprint density at radius 2 is 2.41 bits per heavy atom. The summed E-state index contributed by atoms with van der Waals surface area (Å²) in [5.74, 6) is 0.149. The Labute approximate surface area is 101 Å². The van der Waals surface area contributed by atoms with Crippen LogP contribution in [0.4, 0.5) is 5.69 Å². The molecular weight excluding hydrogens is 216 g/mol. The number of aryl methyl sites for hydroxylation is 2. The molecule has 1 aliphatic rings. The fourth-order valence-electron chi connectivity index (χ4n) is 2.39. The number of anilines is 1. The standard InChI is InChI=1S/C12H20N4O/c1-3-10-11(7-16(2)15-10)14-12(17)8-4-5-9(13)6-8/h7-9H,3-6,13H2,1-2H3,(H,14,17). The molecule has 0 aromatic carbocycles. The predicted molar refractivity (Wildman–Crippen MR) is 66.5 cm³/mol. The first kappa shape index (κ1) is 12.1. The number of carbonyl (C=O) groups is 1. The minimum absolute atomic E-state index is 0.0647. The summed E-state index contributed by atoms with van der Waals surface area (Å²) in [5.41, 5.74) is 7.59. The van der Waals surface area contributed by atoms with Gasteiger partial charge in [0.2, 0.25) is 5.91 Å². The summed E-state index contributed by atoms with van der Waals surface area (Å²) in [6, 6.07) is 0.185. The lowest BCUT2D eigenvalue weighted by atomic mass is 10.1. The zero-order valence-electron chi connectivity index (χ0n) is 10.4. The smallest absolute Gasteiger partial charge is 0.227 e. The van der Waals surface area contributed by atoms with E-state index in [0.29, 0.717) is 0 Å². The van der Waals surface area contributed by atoms with E-state index in [9.17, 15) is 4.79 Å². The average Bonchev–Trinajstić information content (AvgIpc) is 2.85. The molecule has 0 bridgehead atoms. The number of rotatable bonds is 3. The summed E-state index contributed by atoms with van der Waals surface area (Å²) in [6.45, 7) is 2.03. The second-order valence-corrected chi connectivity index (χ2v) is 4.78. The molecule has 1 aromatic rings. The maximum absolute atomic E-state index is 12.0. The molecule has 1 saturated carbocycles. The van der Waals surface area contributed by atoms with Gasteiger partial charge in [-0.2, -0.15) is 5.10 Å². The van der Waals surface area contributed by atoms with E-state index < -0.39 is 0 Å². The molecule has 94 valence electrons. The van der Waals surface area contributed by atoms with Gasteiger partial charge in [-0.05, 0) is 25.7 Å². The third-order valence-electron chi connectivity index (χ3n) is 3.34. The van der Waals surface area contributed by atoms with Crippen molar-refractivity contribution in [3.05, 3.63) is 11.9 Å². The lowest BCUT2D eigenvalue weighted by molar-refractivity contribution is -0.119. The van der Waals surface area contributed by atoms with Gasteiger partial charge >= 0.3 is 0 Å². The summed E-state index contributed by atoms with van der Waals surface area (Å²) in [4.78, 5) is 12.0. The number of hydrogen-bond donors (Lipinski definition) is 2. The van der Waals surface area contributed by atoms with Gasteiger partial charge in [0.25, 0.3) is 0 Å². The zero-order chi connectivity index (χ0) is 12.4. The molecule has 5 heteroatoms. The number of nitrogens with two attached hydrogens (primary N) is 1. The van der Waals surface area contributed by atoms with Crippen LogP contribution in [0.1, 0.15) is 31.9 Å². The van der Waals surface area contributed by atoms with Crippen LogP contribution in [-0.2, 0) is 18.3 Å². The van der Waals surface area contributed by atoms with Gasteiger partial charge in [0, 0.05) is 25.2 Å². The van der Waals surface area contributed by atoms with Crippen LogP contribution < -0.4 is 11.1 Å². The quantitative estimate of drug-likeness (QED) is 0.823. The first-order chi connectivity index (χ1) is 8.10. The van der Waals surface area contributed by atoms with E-state index in [-0.39, 0.29) is 17.9 Å². The number of hydrogen-bond acceptors (Lipinski definition) is 3. The highest BCUT2D eigenvalue weighted by molar-refractivity contribution is 5.93. The van der Waals surface area contributed by atoms with Crippen LogP contribution >= 0.6 is 0 Å². The molecule has 2 atom stereocenters. The summed E-state index contributed by atoms with van der Waals surface area (Å²) >= 11 is 0. The summed E-state index contributed by atoms with van der Waals surface area (Å²) in [6.07, 6.45) is 5.32. The van der Waals surface area contributed by atoms with Crippen molar-refractivity contribution in [2.24, 2.45) is 18.7 Å². The topological polar surface area (TPSA) is 72.9 Å². The summed E-state index contributed by atoms with van der Waals surface area (Å²) < 4.78 is 1.73. The summed E-state index contributed by atoms with van der Waals surface area (Å²) in [5, 5.41) is 7.27. The largest absolute Gasteiger partial charge is 0.328 e. The van der Waals surface area contributed by atoms with Gasteiger partial charge in [0.1, 0.15) is 0 Å². The molecule has 1 fully saturated rings. The van der Waals surface area contributed by atoms with Gasteiger partial charge < -0.3 is 11.1 Å². The highest BCUT2D eigenvalue weighted by Gasteiger charge is 2.28. The van der Waals surface area contributed by atoms with E-state index in [1.165, 1.54) is 0 Å². The maximum atomic E-state index is 12.0. The van der Waals surface area contributed by atoms with Crippen molar-refractivity contribution >= 4 is 11.6 Å². The Balaban J connectivity index is 2.02. The second-order valence-electron chi connectivity index (χ2n) is 4.78. The molecule has 2 unspecified atom stereocenters. The Morgan fingerprint density at radius 3 is 3.00 bits per heavy atom. The third-order valence-corrected chi connectivity index (χ3v) is 3.34. The SMILES string of the molecule is CCc1nn(C)cc1NC(=O)C1CCC(N)C1. The van der Waals surface area contributed by atoms with Crippen LogP contribution in [-0.4, -0.2) is 21.7 Å². The monoisotopic (exact) mass is 236 g/mol. The van der Waals surface area contributed by atoms with E-state index in [1.807, 2.05) is 20.2 Å². The number of nitrogens with zero attached hydrogens (tertiary/aromatic N) is 2. The molecule has 1 aromatic heterocycles. The highest BCUT2D eigenvalue weighted by atomic mass is 16.1. The molecule has 5 nitrogen and oxygen atoms in total. The lowest BCUT2D eigenvalue weighted by Gasteiger charge is -2.10. The lowest BCUT2D eigenvalue weighted by Crippen LogP contribution is -2.23. The first-order valence-corrected chi connectivity index (χ1v) is 6.19. The van der Waals surface area contributed by atoms with Gasteiger partial charge in [-0.1, -0.05) is 6.92 Å². The van der Waals surface area contributed by atoms with E-state index >= 15 is 0 Å². The molecule has 1 amide bonds. The third kappa shape index (κ3) is 2.66. The zero-order valence-corrected chi connectivity index (χ0v) is 10.4.